The molecular formula is C12H11BrCl2N2O4. The van der Waals surface area contributed by atoms with E-state index in [2.05, 4.69) is 26.6 Å². The van der Waals surface area contributed by atoms with Crippen LogP contribution in [0.5, 0.6) is 0 Å². The molecule has 0 aliphatic rings. The van der Waals surface area contributed by atoms with Gasteiger partial charge in [0.2, 0.25) is 5.91 Å². The first kappa shape index (κ1) is 17.7. The second kappa shape index (κ2) is 8.21. The molecule has 1 aromatic carbocycles. The van der Waals surface area contributed by atoms with Gasteiger partial charge in [-0.1, -0.05) is 39.1 Å². The van der Waals surface area contributed by atoms with Gasteiger partial charge in [-0.25, -0.2) is 4.79 Å². The molecule has 114 valence electrons. The van der Waals surface area contributed by atoms with Crippen molar-refractivity contribution in [1.29, 1.82) is 0 Å². The summed E-state index contributed by atoms with van der Waals surface area (Å²) < 4.78 is 0.646. The summed E-state index contributed by atoms with van der Waals surface area (Å²) in [4.78, 5) is 33.3. The van der Waals surface area contributed by atoms with Gasteiger partial charge in [0.1, 0.15) is 0 Å². The molecule has 0 fully saturated rings. The highest BCUT2D eigenvalue weighted by Gasteiger charge is 2.13. The van der Waals surface area contributed by atoms with Crippen molar-refractivity contribution >= 4 is 62.7 Å². The number of carbonyl (C=O) groups excluding carboxylic acids is 2. The summed E-state index contributed by atoms with van der Waals surface area (Å²) in [5.74, 6) is -1.58. The summed E-state index contributed by atoms with van der Waals surface area (Å²) in [6.07, 6.45) is -0.0603. The van der Waals surface area contributed by atoms with Crippen LogP contribution in [0.1, 0.15) is 19.3 Å². The van der Waals surface area contributed by atoms with Crippen molar-refractivity contribution in [3.63, 3.8) is 0 Å². The molecule has 0 aliphatic heterocycles. The number of carbonyl (C=O) groups is 3. The average molecular weight is 398 g/mol. The number of urea groups is 1. The van der Waals surface area contributed by atoms with Gasteiger partial charge in [-0.05, 0) is 18.6 Å². The minimum Gasteiger partial charge on any atom is -0.481 e. The summed E-state index contributed by atoms with van der Waals surface area (Å²) in [5.41, 5.74) is 0.178. The van der Waals surface area contributed by atoms with Crippen molar-refractivity contribution in [2.45, 2.75) is 19.3 Å². The molecule has 6 nitrogen and oxygen atoms in total. The summed E-state index contributed by atoms with van der Waals surface area (Å²) in [6.45, 7) is 0. The number of amides is 3. The second-order valence-corrected chi connectivity index (χ2v) is 5.72. The van der Waals surface area contributed by atoms with Crippen molar-refractivity contribution in [2.24, 2.45) is 0 Å². The van der Waals surface area contributed by atoms with Crippen LogP contribution in [0.15, 0.2) is 16.6 Å². The van der Waals surface area contributed by atoms with Crippen LogP contribution in [0.3, 0.4) is 0 Å². The summed E-state index contributed by atoms with van der Waals surface area (Å²) >= 11 is 15.0. The molecule has 9 heteroatoms. The zero-order valence-electron chi connectivity index (χ0n) is 10.6. The van der Waals surface area contributed by atoms with E-state index in [4.69, 9.17) is 28.3 Å². The third-order valence-electron chi connectivity index (χ3n) is 2.29. The van der Waals surface area contributed by atoms with Crippen LogP contribution >= 0.6 is 39.1 Å². The van der Waals surface area contributed by atoms with Gasteiger partial charge in [0.05, 0.1) is 15.7 Å². The Bertz CT molecular complexity index is 557. The Morgan fingerprint density at radius 1 is 1.14 bits per heavy atom. The van der Waals surface area contributed by atoms with E-state index in [0.29, 0.717) is 4.47 Å². The molecule has 0 radical (unpaired) electrons. The van der Waals surface area contributed by atoms with Gasteiger partial charge in [-0.2, -0.15) is 0 Å². The molecule has 1 aromatic rings. The lowest BCUT2D eigenvalue weighted by atomic mass is 10.2. The van der Waals surface area contributed by atoms with Crippen LogP contribution in [0.4, 0.5) is 10.5 Å². The molecule has 21 heavy (non-hydrogen) atoms. The van der Waals surface area contributed by atoms with E-state index in [1.54, 1.807) is 0 Å². The lowest BCUT2D eigenvalue weighted by Crippen LogP contribution is -2.34. The Balaban J connectivity index is 2.54. The SMILES string of the molecule is O=C(O)CCCC(=O)NC(=O)Nc1c(Cl)cc(Br)cc1Cl. The van der Waals surface area contributed by atoms with E-state index in [-0.39, 0.29) is 35.0 Å². The molecule has 0 heterocycles. The van der Waals surface area contributed by atoms with Crippen LogP contribution in [0.2, 0.25) is 10.0 Å². The Morgan fingerprint density at radius 2 is 1.71 bits per heavy atom. The van der Waals surface area contributed by atoms with E-state index in [1.165, 1.54) is 12.1 Å². The van der Waals surface area contributed by atoms with Crippen LogP contribution in [-0.4, -0.2) is 23.0 Å². The monoisotopic (exact) mass is 396 g/mol. The topological polar surface area (TPSA) is 95.5 Å². The fourth-order valence-electron chi connectivity index (χ4n) is 1.40. The molecule has 0 atom stereocenters. The largest absolute Gasteiger partial charge is 0.481 e. The molecule has 3 N–H and O–H groups in total. The molecule has 0 unspecified atom stereocenters. The number of aliphatic carboxylic acids is 1. The van der Waals surface area contributed by atoms with E-state index < -0.39 is 17.9 Å². The van der Waals surface area contributed by atoms with Crippen LogP contribution in [0.25, 0.3) is 0 Å². The highest BCUT2D eigenvalue weighted by Crippen LogP contribution is 2.33. The van der Waals surface area contributed by atoms with Gasteiger partial charge < -0.3 is 10.4 Å². The first-order chi connectivity index (χ1) is 9.79. The summed E-state index contributed by atoms with van der Waals surface area (Å²) in [6, 6.07) is 2.29. The number of anilines is 1. The normalized spacial score (nSPS) is 10.0. The third kappa shape index (κ3) is 6.33. The zero-order chi connectivity index (χ0) is 16.0. The number of imide groups is 1. The fourth-order valence-corrected chi connectivity index (χ4v) is 2.70. The molecule has 0 saturated carbocycles. The molecule has 0 aliphatic carbocycles. The highest BCUT2D eigenvalue weighted by atomic mass is 79.9. The molecule has 0 bridgehead atoms. The Labute approximate surface area is 138 Å². The molecule has 0 saturated heterocycles. The Hall–Kier alpha value is -1.31. The van der Waals surface area contributed by atoms with Gasteiger partial charge >= 0.3 is 12.0 Å². The molecule has 0 spiro atoms. The second-order valence-electron chi connectivity index (χ2n) is 3.99. The minimum atomic E-state index is -0.999. The van der Waals surface area contributed by atoms with Gasteiger partial charge in [0.25, 0.3) is 0 Å². The maximum Gasteiger partial charge on any atom is 0.325 e. The number of nitrogens with one attached hydrogen (secondary N) is 2. The van der Waals surface area contributed by atoms with E-state index in [9.17, 15) is 14.4 Å². The lowest BCUT2D eigenvalue weighted by molar-refractivity contribution is -0.137. The number of carboxylic acid groups (broad SMARTS) is 1. The zero-order valence-corrected chi connectivity index (χ0v) is 13.7. The van der Waals surface area contributed by atoms with E-state index in [0.717, 1.165) is 0 Å². The number of halogens is 3. The van der Waals surface area contributed by atoms with Crippen molar-refractivity contribution in [2.75, 3.05) is 5.32 Å². The number of rotatable bonds is 5. The Kier molecular flexibility index (Phi) is 6.94. The Morgan fingerprint density at radius 3 is 2.24 bits per heavy atom. The first-order valence-electron chi connectivity index (χ1n) is 5.76. The average Bonchev–Trinajstić information content (AvgIpc) is 2.33. The standard InChI is InChI=1S/C12H11BrCl2N2O4/c13-6-4-7(14)11(8(15)5-6)17-12(21)16-9(18)2-1-3-10(19)20/h4-5H,1-3H2,(H,19,20)(H2,16,17,18,21). The lowest BCUT2D eigenvalue weighted by Gasteiger charge is -2.10. The summed E-state index contributed by atoms with van der Waals surface area (Å²) in [7, 11) is 0. The maximum atomic E-state index is 11.6. The smallest absolute Gasteiger partial charge is 0.325 e. The quantitative estimate of drug-likeness (QED) is 0.706. The number of hydrogen-bond donors (Lipinski definition) is 3. The third-order valence-corrected chi connectivity index (χ3v) is 3.35. The van der Waals surface area contributed by atoms with Gasteiger partial charge in [0, 0.05) is 17.3 Å². The van der Waals surface area contributed by atoms with Crippen LogP contribution < -0.4 is 10.6 Å². The highest BCUT2D eigenvalue weighted by molar-refractivity contribution is 9.10. The molecular weight excluding hydrogens is 387 g/mol. The summed E-state index contributed by atoms with van der Waals surface area (Å²) in [5, 5.41) is 13.3. The van der Waals surface area contributed by atoms with Gasteiger partial charge in [-0.3, -0.25) is 14.9 Å². The first-order valence-corrected chi connectivity index (χ1v) is 7.31. The van der Waals surface area contributed by atoms with Gasteiger partial charge in [0.15, 0.2) is 0 Å². The van der Waals surface area contributed by atoms with E-state index >= 15 is 0 Å². The van der Waals surface area contributed by atoms with Gasteiger partial charge in [-0.15, -0.1) is 0 Å². The number of carboxylic acids is 1. The van der Waals surface area contributed by atoms with Crippen molar-refractivity contribution in [1.82, 2.24) is 5.32 Å². The van der Waals surface area contributed by atoms with Crippen molar-refractivity contribution in [3.05, 3.63) is 26.7 Å². The molecule has 0 aromatic heterocycles. The maximum absolute atomic E-state index is 11.6. The van der Waals surface area contributed by atoms with Crippen molar-refractivity contribution in [3.8, 4) is 0 Å². The number of benzene rings is 1. The fraction of sp³-hybridized carbons (Fsp3) is 0.250. The van der Waals surface area contributed by atoms with E-state index in [1.807, 2.05) is 0 Å². The minimum absolute atomic E-state index is 0.0679. The van der Waals surface area contributed by atoms with Crippen molar-refractivity contribution < 1.29 is 19.5 Å². The molecule has 1 rings (SSSR count). The predicted octanol–water partition coefficient (Wildman–Crippen LogP) is 3.66. The van der Waals surface area contributed by atoms with Crippen LogP contribution in [0, 0.1) is 0 Å². The molecule has 3 amide bonds. The van der Waals surface area contributed by atoms with Crippen LogP contribution in [-0.2, 0) is 9.59 Å². The number of hydrogen-bond acceptors (Lipinski definition) is 3. The predicted molar refractivity (Wildman–Crippen MR) is 82.8 cm³/mol.